The molecule has 1 N–H and O–H groups in total. The first kappa shape index (κ1) is 27.5. The number of nitrogens with one attached hydrogen (secondary N) is 1. The molecule has 0 saturated carbocycles. The van der Waals surface area contributed by atoms with Crippen molar-refractivity contribution in [2.45, 2.75) is 45.6 Å². The van der Waals surface area contributed by atoms with Crippen molar-refractivity contribution in [2.24, 2.45) is 5.92 Å². The maximum atomic E-state index is 13.1. The van der Waals surface area contributed by atoms with Crippen LogP contribution >= 0.6 is 11.6 Å². The molecule has 1 atom stereocenters. The molecule has 4 amide bonds. The average molecular weight is 532 g/mol. The Bertz CT molecular complexity index is 1020. The minimum absolute atomic E-state index is 0.118. The van der Waals surface area contributed by atoms with Gasteiger partial charge in [0.25, 0.3) is 11.8 Å². The van der Waals surface area contributed by atoms with Crippen molar-refractivity contribution in [1.82, 2.24) is 20.0 Å². The van der Waals surface area contributed by atoms with Gasteiger partial charge in [0, 0.05) is 70.3 Å². The quantitative estimate of drug-likeness (QED) is 0.444. The van der Waals surface area contributed by atoms with Gasteiger partial charge in [0.2, 0.25) is 11.8 Å². The molecule has 9 nitrogen and oxygen atoms in total. The van der Waals surface area contributed by atoms with Crippen LogP contribution < -0.4 is 10.2 Å². The number of imide groups is 2. The molecule has 4 heterocycles. The van der Waals surface area contributed by atoms with Crippen LogP contribution in [-0.2, 0) is 9.59 Å². The van der Waals surface area contributed by atoms with E-state index in [-0.39, 0.29) is 18.7 Å². The number of halogens is 1. The number of alkyl halides is 1. The van der Waals surface area contributed by atoms with Crippen molar-refractivity contribution in [3.8, 4) is 0 Å². The van der Waals surface area contributed by atoms with Gasteiger partial charge < -0.3 is 9.80 Å². The minimum atomic E-state index is -0.934. The molecule has 5 rings (SSSR count). The number of carbonyl (C=O) groups excluding carboxylic acids is 4. The lowest BCUT2D eigenvalue weighted by molar-refractivity contribution is -0.136. The number of rotatable bonds is 6. The summed E-state index contributed by atoms with van der Waals surface area (Å²) in [4.78, 5) is 58.1. The Hall–Kier alpha value is -2.49. The largest absolute Gasteiger partial charge is 0.371 e. The molecule has 0 radical (unpaired) electrons. The number of fused-ring (bicyclic) bond motifs is 1. The van der Waals surface area contributed by atoms with Crippen molar-refractivity contribution in [3.63, 3.8) is 0 Å². The molecule has 4 aliphatic heterocycles. The molecule has 0 spiro atoms. The predicted molar refractivity (Wildman–Crippen MR) is 143 cm³/mol. The van der Waals surface area contributed by atoms with Gasteiger partial charge in [0.15, 0.2) is 0 Å². The molecule has 0 aromatic heterocycles. The molecule has 1 aromatic rings. The molecule has 10 heteroatoms. The van der Waals surface area contributed by atoms with E-state index in [1.165, 1.54) is 0 Å². The molecule has 1 unspecified atom stereocenters. The molecule has 1 aromatic carbocycles. The lowest BCUT2D eigenvalue weighted by atomic mass is 9.95. The van der Waals surface area contributed by atoms with E-state index in [2.05, 4.69) is 20.0 Å². The van der Waals surface area contributed by atoms with E-state index < -0.39 is 23.8 Å². The van der Waals surface area contributed by atoms with E-state index in [0.29, 0.717) is 22.9 Å². The summed E-state index contributed by atoms with van der Waals surface area (Å²) in [6, 6.07) is 4.45. The van der Waals surface area contributed by atoms with E-state index in [1.54, 1.807) is 12.1 Å². The van der Waals surface area contributed by atoms with Gasteiger partial charge >= 0.3 is 0 Å². The summed E-state index contributed by atoms with van der Waals surface area (Å²) in [6.07, 6.45) is 2.47. The molecule has 0 aliphatic carbocycles. The van der Waals surface area contributed by atoms with Crippen molar-refractivity contribution < 1.29 is 19.2 Å². The molecule has 202 valence electrons. The van der Waals surface area contributed by atoms with Gasteiger partial charge in [-0.05, 0) is 43.4 Å². The first-order valence-corrected chi connectivity index (χ1v) is 14.1. The predicted octanol–water partition coefficient (Wildman–Crippen LogP) is 2.19. The smallest absolute Gasteiger partial charge is 0.262 e. The van der Waals surface area contributed by atoms with Gasteiger partial charge in [-0.25, -0.2) is 0 Å². The Balaban J connectivity index is 0.00000156. The van der Waals surface area contributed by atoms with E-state index in [4.69, 9.17) is 11.6 Å². The Kier molecular flexibility index (Phi) is 9.21. The zero-order valence-corrected chi connectivity index (χ0v) is 22.6. The highest BCUT2D eigenvalue weighted by atomic mass is 35.5. The van der Waals surface area contributed by atoms with Crippen LogP contribution in [0.5, 0.6) is 0 Å². The molecular formula is C27H38ClN5O4. The second kappa shape index (κ2) is 12.4. The maximum Gasteiger partial charge on any atom is 0.262 e. The van der Waals surface area contributed by atoms with Crippen LogP contribution in [0.25, 0.3) is 0 Å². The molecule has 3 saturated heterocycles. The van der Waals surface area contributed by atoms with Crippen LogP contribution in [0, 0.1) is 5.92 Å². The maximum absolute atomic E-state index is 13.1. The highest BCUT2D eigenvalue weighted by molar-refractivity contribution is 6.23. The molecule has 0 bridgehead atoms. The number of anilines is 1. The summed E-state index contributed by atoms with van der Waals surface area (Å²) in [6.45, 7) is 12.3. The Labute approximate surface area is 224 Å². The van der Waals surface area contributed by atoms with Gasteiger partial charge in [0.05, 0.1) is 11.1 Å². The molecule has 4 aliphatic rings. The lowest BCUT2D eigenvalue weighted by Gasteiger charge is -2.39. The average Bonchev–Trinajstić information content (AvgIpc) is 3.16. The molecule has 37 heavy (non-hydrogen) atoms. The van der Waals surface area contributed by atoms with Gasteiger partial charge in [0.1, 0.15) is 6.04 Å². The van der Waals surface area contributed by atoms with Crippen LogP contribution in [0.1, 0.15) is 60.2 Å². The minimum Gasteiger partial charge on any atom is -0.371 e. The zero-order chi connectivity index (χ0) is 26.5. The summed E-state index contributed by atoms with van der Waals surface area (Å²) >= 11 is 5.87. The zero-order valence-electron chi connectivity index (χ0n) is 21.9. The third-order valence-electron chi connectivity index (χ3n) is 7.79. The SMILES string of the molecule is CC.O=C1CCC(N2C(=O)c3ccc(N4CCC(CN5CCN(CCCl)CC5)CC4)cc3C2=O)C(=O)N1. The summed E-state index contributed by atoms with van der Waals surface area (Å²) in [5, 5.41) is 2.23. The number of carbonyl (C=O) groups is 4. The van der Waals surface area contributed by atoms with Crippen LogP contribution in [-0.4, -0.2) is 103 Å². The summed E-state index contributed by atoms with van der Waals surface area (Å²) < 4.78 is 0. The Morgan fingerprint density at radius 1 is 0.865 bits per heavy atom. The number of piperidine rings is 2. The first-order valence-electron chi connectivity index (χ1n) is 13.6. The van der Waals surface area contributed by atoms with E-state index in [0.717, 1.165) is 75.8 Å². The Morgan fingerprint density at radius 2 is 1.51 bits per heavy atom. The van der Waals surface area contributed by atoms with Crippen LogP contribution in [0.2, 0.25) is 0 Å². The molecule has 3 fully saturated rings. The fraction of sp³-hybridized carbons (Fsp3) is 0.630. The number of nitrogens with zero attached hydrogens (tertiary/aromatic N) is 4. The van der Waals surface area contributed by atoms with Gasteiger partial charge in [-0.15, -0.1) is 11.6 Å². The summed E-state index contributed by atoms with van der Waals surface area (Å²) in [7, 11) is 0. The highest BCUT2D eigenvalue weighted by Gasteiger charge is 2.44. The topological polar surface area (TPSA) is 93.3 Å². The normalized spacial score (nSPS) is 23.6. The van der Waals surface area contributed by atoms with Gasteiger partial charge in [-0.3, -0.25) is 34.3 Å². The standard InChI is InChI=1S/C25H32ClN5O4.C2H6/c26-7-10-28-11-13-29(14-12-28)16-17-5-8-30(9-6-17)18-1-2-19-20(15-18)25(35)31(24(19)34)21-3-4-22(32)27-23(21)33;1-2/h1-2,15,17,21H,3-14,16H2,(H,27,32,33);1-2H3. The Morgan fingerprint density at radius 3 is 2.16 bits per heavy atom. The monoisotopic (exact) mass is 531 g/mol. The van der Waals surface area contributed by atoms with Crippen molar-refractivity contribution in [1.29, 1.82) is 0 Å². The van der Waals surface area contributed by atoms with E-state index in [1.807, 2.05) is 19.9 Å². The number of benzene rings is 1. The third-order valence-corrected chi connectivity index (χ3v) is 7.95. The van der Waals surface area contributed by atoms with Crippen LogP contribution in [0.4, 0.5) is 5.69 Å². The van der Waals surface area contributed by atoms with E-state index >= 15 is 0 Å². The van der Waals surface area contributed by atoms with Crippen LogP contribution in [0.15, 0.2) is 18.2 Å². The van der Waals surface area contributed by atoms with Gasteiger partial charge in [-0.2, -0.15) is 0 Å². The van der Waals surface area contributed by atoms with Crippen LogP contribution in [0.3, 0.4) is 0 Å². The number of amides is 4. The van der Waals surface area contributed by atoms with Crippen molar-refractivity contribution in [2.75, 3.05) is 63.1 Å². The van der Waals surface area contributed by atoms with Crippen molar-refractivity contribution in [3.05, 3.63) is 29.3 Å². The van der Waals surface area contributed by atoms with Crippen molar-refractivity contribution >= 4 is 40.9 Å². The lowest BCUT2D eigenvalue weighted by Crippen LogP contribution is -2.54. The molecular weight excluding hydrogens is 494 g/mol. The van der Waals surface area contributed by atoms with Gasteiger partial charge in [-0.1, -0.05) is 13.8 Å². The highest BCUT2D eigenvalue weighted by Crippen LogP contribution is 2.32. The number of piperazine rings is 1. The number of hydrogen-bond donors (Lipinski definition) is 1. The summed E-state index contributed by atoms with van der Waals surface area (Å²) in [5.41, 5.74) is 1.60. The van der Waals surface area contributed by atoms with E-state index in [9.17, 15) is 19.2 Å². The first-order chi connectivity index (χ1) is 17.9. The summed E-state index contributed by atoms with van der Waals surface area (Å²) in [5.74, 6) is -0.525. The number of hydrogen-bond acceptors (Lipinski definition) is 7. The fourth-order valence-corrected chi connectivity index (χ4v) is 5.95. The third kappa shape index (κ3) is 5.99. The second-order valence-corrected chi connectivity index (χ2v) is 10.3. The fourth-order valence-electron chi connectivity index (χ4n) is 5.71. The second-order valence-electron chi connectivity index (χ2n) is 9.94.